The van der Waals surface area contributed by atoms with Crippen molar-refractivity contribution in [2.45, 2.75) is 23.9 Å². The SMILES string of the molecule is COC(=O)c1ccc(N2C(=O)CC(N(Cc3ccc4c(c3)OCO4)S(=O)(=O)c3ccc(Cl)cc3)C2=O)cc1. The zero-order valence-corrected chi connectivity index (χ0v) is 21.6. The highest BCUT2D eigenvalue weighted by Gasteiger charge is 2.47. The van der Waals surface area contributed by atoms with Gasteiger partial charge in [-0.25, -0.2) is 18.1 Å². The van der Waals surface area contributed by atoms with Crippen molar-refractivity contribution >= 4 is 45.1 Å². The molecule has 196 valence electrons. The van der Waals surface area contributed by atoms with E-state index in [1.165, 1.54) is 55.6 Å². The van der Waals surface area contributed by atoms with Crippen molar-refractivity contribution in [1.82, 2.24) is 4.31 Å². The second-order valence-corrected chi connectivity index (χ2v) is 10.8. The lowest BCUT2D eigenvalue weighted by atomic mass is 10.1. The number of carbonyl (C=O) groups excluding carboxylic acids is 3. The Morgan fingerprint density at radius 3 is 2.39 bits per heavy atom. The molecule has 2 amide bonds. The summed E-state index contributed by atoms with van der Waals surface area (Å²) in [5.74, 6) is -0.883. The van der Waals surface area contributed by atoms with Gasteiger partial charge < -0.3 is 14.2 Å². The Morgan fingerprint density at radius 2 is 1.71 bits per heavy atom. The zero-order valence-electron chi connectivity index (χ0n) is 20.0. The number of carbonyl (C=O) groups is 3. The van der Waals surface area contributed by atoms with Crippen molar-refractivity contribution in [3.63, 3.8) is 0 Å². The number of hydrogen-bond donors (Lipinski definition) is 0. The van der Waals surface area contributed by atoms with Crippen LogP contribution in [0.25, 0.3) is 0 Å². The van der Waals surface area contributed by atoms with E-state index in [4.69, 9.17) is 21.1 Å². The van der Waals surface area contributed by atoms with Crippen LogP contribution in [0.1, 0.15) is 22.3 Å². The van der Waals surface area contributed by atoms with Crippen molar-refractivity contribution in [2.75, 3.05) is 18.8 Å². The predicted molar refractivity (Wildman–Crippen MR) is 135 cm³/mol. The Balaban J connectivity index is 1.51. The van der Waals surface area contributed by atoms with Crippen LogP contribution in [0.2, 0.25) is 5.02 Å². The molecule has 12 heteroatoms. The molecule has 3 aromatic carbocycles. The molecule has 0 radical (unpaired) electrons. The first-order valence-corrected chi connectivity index (χ1v) is 13.2. The third-order valence-electron chi connectivity index (χ3n) is 6.21. The van der Waals surface area contributed by atoms with Crippen LogP contribution in [0.5, 0.6) is 11.5 Å². The van der Waals surface area contributed by atoms with Crippen molar-refractivity contribution in [3.8, 4) is 11.5 Å². The highest BCUT2D eigenvalue weighted by molar-refractivity contribution is 7.89. The summed E-state index contributed by atoms with van der Waals surface area (Å²) in [5, 5.41) is 0.347. The van der Waals surface area contributed by atoms with Crippen LogP contribution in [-0.4, -0.2) is 50.5 Å². The lowest BCUT2D eigenvalue weighted by Gasteiger charge is -2.27. The molecule has 0 aromatic heterocycles. The molecule has 0 bridgehead atoms. The minimum absolute atomic E-state index is 0.0465. The Morgan fingerprint density at radius 1 is 1.03 bits per heavy atom. The number of methoxy groups -OCH3 is 1. The standard InChI is InChI=1S/C26H21ClN2O8S/c1-35-26(32)17-3-7-19(8-4-17)29-24(30)13-21(25(29)31)28(38(33,34)20-9-5-18(27)6-10-20)14-16-2-11-22-23(12-16)37-15-36-22/h2-12,21H,13-15H2,1H3. The topological polar surface area (TPSA) is 120 Å². The van der Waals surface area contributed by atoms with Crippen molar-refractivity contribution in [1.29, 1.82) is 0 Å². The molecule has 10 nitrogen and oxygen atoms in total. The minimum atomic E-state index is -4.26. The maximum absolute atomic E-state index is 13.8. The third-order valence-corrected chi connectivity index (χ3v) is 8.33. The monoisotopic (exact) mass is 556 g/mol. The van der Waals surface area contributed by atoms with E-state index in [1.54, 1.807) is 18.2 Å². The molecular weight excluding hydrogens is 536 g/mol. The molecular formula is C26H21ClN2O8S. The van der Waals surface area contributed by atoms with Crippen LogP contribution in [0, 0.1) is 0 Å². The Bertz CT molecular complexity index is 1520. The second-order valence-electron chi connectivity index (χ2n) is 8.52. The lowest BCUT2D eigenvalue weighted by molar-refractivity contribution is -0.122. The van der Waals surface area contributed by atoms with Gasteiger partial charge in [0.05, 0.1) is 29.7 Å². The predicted octanol–water partition coefficient (Wildman–Crippen LogP) is 3.38. The van der Waals surface area contributed by atoms with Crippen LogP contribution < -0.4 is 14.4 Å². The quantitative estimate of drug-likeness (QED) is 0.321. The van der Waals surface area contributed by atoms with Gasteiger partial charge in [-0.2, -0.15) is 4.31 Å². The van der Waals surface area contributed by atoms with Crippen molar-refractivity contribution < 1.29 is 37.0 Å². The number of esters is 1. The maximum Gasteiger partial charge on any atom is 0.337 e. The maximum atomic E-state index is 13.8. The highest BCUT2D eigenvalue weighted by atomic mass is 35.5. The molecule has 0 N–H and O–H groups in total. The summed E-state index contributed by atoms with van der Waals surface area (Å²) in [6.45, 7) is -0.161. The first-order valence-electron chi connectivity index (χ1n) is 11.4. The van der Waals surface area contributed by atoms with Gasteiger partial charge in [-0.3, -0.25) is 9.59 Å². The number of sulfonamides is 1. The van der Waals surface area contributed by atoms with E-state index >= 15 is 0 Å². The summed E-state index contributed by atoms with van der Waals surface area (Å²) in [7, 11) is -3.01. The number of nitrogens with zero attached hydrogens (tertiary/aromatic N) is 2. The molecule has 1 saturated heterocycles. The summed E-state index contributed by atoms with van der Waals surface area (Å²) < 4.78 is 44.0. The molecule has 1 atom stereocenters. The van der Waals surface area contributed by atoms with Crippen LogP contribution in [0.15, 0.2) is 71.6 Å². The summed E-state index contributed by atoms with van der Waals surface area (Å²) in [5.41, 5.74) is 0.983. The number of hydrogen-bond acceptors (Lipinski definition) is 8. The highest BCUT2D eigenvalue weighted by Crippen LogP contribution is 2.35. The summed E-state index contributed by atoms with van der Waals surface area (Å²) >= 11 is 5.95. The van der Waals surface area contributed by atoms with Crippen LogP contribution in [-0.2, 0) is 30.9 Å². The van der Waals surface area contributed by atoms with Crippen LogP contribution >= 0.6 is 11.6 Å². The van der Waals surface area contributed by atoms with Gasteiger partial charge in [-0.1, -0.05) is 17.7 Å². The van der Waals surface area contributed by atoms with Gasteiger partial charge in [0.2, 0.25) is 22.7 Å². The first kappa shape index (κ1) is 25.7. The van der Waals surface area contributed by atoms with Crippen LogP contribution in [0.3, 0.4) is 0 Å². The van der Waals surface area contributed by atoms with E-state index in [0.717, 1.165) is 9.21 Å². The van der Waals surface area contributed by atoms with Gasteiger partial charge in [0.15, 0.2) is 11.5 Å². The molecule has 0 spiro atoms. The van der Waals surface area contributed by atoms with Gasteiger partial charge in [0.25, 0.3) is 5.91 Å². The fourth-order valence-electron chi connectivity index (χ4n) is 4.30. The molecule has 38 heavy (non-hydrogen) atoms. The number of amides is 2. The van der Waals surface area contributed by atoms with Gasteiger partial charge in [-0.15, -0.1) is 0 Å². The molecule has 1 unspecified atom stereocenters. The number of anilines is 1. The normalized spacial score (nSPS) is 16.8. The average Bonchev–Trinajstić information content (AvgIpc) is 3.50. The molecule has 2 heterocycles. The fraction of sp³-hybridized carbons (Fsp3) is 0.192. The number of imide groups is 1. The van der Waals surface area contributed by atoms with Gasteiger partial charge in [-0.05, 0) is 66.2 Å². The summed E-state index contributed by atoms with van der Waals surface area (Å²) in [6.07, 6.45) is -0.366. The Hall–Kier alpha value is -3.93. The first-order chi connectivity index (χ1) is 18.2. The number of rotatable bonds is 7. The number of fused-ring (bicyclic) bond motifs is 1. The van der Waals surface area contributed by atoms with E-state index in [2.05, 4.69) is 4.74 Å². The fourth-order valence-corrected chi connectivity index (χ4v) is 6.00. The Kier molecular flexibility index (Phi) is 6.82. The molecule has 1 fully saturated rings. The third kappa shape index (κ3) is 4.71. The average molecular weight is 557 g/mol. The van der Waals surface area contributed by atoms with E-state index in [0.29, 0.717) is 22.1 Å². The molecule has 2 aliphatic heterocycles. The van der Waals surface area contributed by atoms with Crippen molar-refractivity contribution in [2.24, 2.45) is 0 Å². The minimum Gasteiger partial charge on any atom is -0.465 e. The number of benzene rings is 3. The Labute approximate surface area is 223 Å². The largest absolute Gasteiger partial charge is 0.465 e. The number of ether oxygens (including phenoxy) is 3. The van der Waals surface area contributed by atoms with E-state index < -0.39 is 33.8 Å². The van der Waals surface area contributed by atoms with Gasteiger partial charge >= 0.3 is 5.97 Å². The molecule has 3 aromatic rings. The van der Waals surface area contributed by atoms with Crippen molar-refractivity contribution in [3.05, 3.63) is 82.9 Å². The molecule has 5 rings (SSSR count). The van der Waals surface area contributed by atoms with E-state index in [9.17, 15) is 22.8 Å². The number of halogens is 1. The molecule has 0 saturated carbocycles. The molecule has 2 aliphatic rings. The summed E-state index contributed by atoms with van der Waals surface area (Å²) in [4.78, 5) is 39.2. The zero-order chi connectivity index (χ0) is 27.0. The lowest BCUT2D eigenvalue weighted by Crippen LogP contribution is -2.45. The summed E-state index contributed by atoms with van der Waals surface area (Å²) in [6, 6.07) is 14.9. The smallest absolute Gasteiger partial charge is 0.337 e. The van der Waals surface area contributed by atoms with E-state index in [-0.39, 0.29) is 35.9 Å². The van der Waals surface area contributed by atoms with Crippen LogP contribution in [0.4, 0.5) is 5.69 Å². The second kappa shape index (κ2) is 10.1. The van der Waals surface area contributed by atoms with E-state index in [1.807, 2.05) is 0 Å². The van der Waals surface area contributed by atoms with Gasteiger partial charge in [0, 0.05) is 11.6 Å². The van der Waals surface area contributed by atoms with Gasteiger partial charge in [0.1, 0.15) is 6.04 Å². The molecule has 0 aliphatic carbocycles.